The molecule has 2 aliphatic rings. The predicted octanol–water partition coefficient (Wildman–Crippen LogP) is 2.62. The van der Waals surface area contributed by atoms with E-state index in [1.54, 1.807) is 7.11 Å². The molecule has 0 aromatic heterocycles. The van der Waals surface area contributed by atoms with Crippen molar-refractivity contribution < 1.29 is 4.74 Å². The zero-order valence-electron chi connectivity index (χ0n) is 16.1. The summed E-state index contributed by atoms with van der Waals surface area (Å²) < 4.78 is 5.28. The summed E-state index contributed by atoms with van der Waals surface area (Å²) in [6, 6.07) is 0.729. The van der Waals surface area contributed by atoms with Crippen molar-refractivity contribution in [3.63, 3.8) is 0 Å². The minimum Gasteiger partial charge on any atom is -0.385 e. The SMILES string of the molecule is CCNC(=NCC1(CCOC)CCC1)NCCN1CCCCC1C. The van der Waals surface area contributed by atoms with Gasteiger partial charge >= 0.3 is 0 Å². The minimum atomic E-state index is 0.389. The van der Waals surface area contributed by atoms with Crippen molar-refractivity contribution in [1.29, 1.82) is 0 Å². The van der Waals surface area contributed by atoms with E-state index in [0.717, 1.165) is 51.2 Å². The average molecular weight is 339 g/mol. The fourth-order valence-electron chi connectivity index (χ4n) is 3.88. The van der Waals surface area contributed by atoms with Crippen LogP contribution in [0.2, 0.25) is 0 Å². The number of likely N-dealkylation sites (tertiary alicyclic amines) is 1. The molecule has 1 saturated heterocycles. The Labute approximate surface area is 148 Å². The Morgan fingerprint density at radius 3 is 2.71 bits per heavy atom. The van der Waals surface area contributed by atoms with Crippen LogP contribution in [0.3, 0.4) is 0 Å². The maximum atomic E-state index is 5.28. The molecule has 0 bridgehead atoms. The van der Waals surface area contributed by atoms with Crippen LogP contribution in [0.15, 0.2) is 4.99 Å². The lowest BCUT2D eigenvalue weighted by Crippen LogP contribution is -2.45. The van der Waals surface area contributed by atoms with Gasteiger partial charge in [-0.15, -0.1) is 0 Å². The van der Waals surface area contributed by atoms with Gasteiger partial charge in [0.05, 0.1) is 0 Å². The van der Waals surface area contributed by atoms with Crippen molar-refractivity contribution in [3.05, 3.63) is 0 Å². The molecule has 1 unspecified atom stereocenters. The van der Waals surface area contributed by atoms with E-state index in [9.17, 15) is 0 Å². The van der Waals surface area contributed by atoms with Gasteiger partial charge in [0, 0.05) is 45.9 Å². The Morgan fingerprint density at radius 2 is 2.08 bits per heavy atom. The molecule has 24 heavy (non-hydrogen) atoms. The lowest BCUT2D eigenvalue weighted by atomic mass is 9.67. The summed E-state index contributed by atoms with van der Waals surface area (Å²) in [6.45, 7) is 10.5. The predicted molar refractivity (Wildman–Crippen MR) is 102 cm³/mol. The van der Waals surface area contributed by atoms with Gasteiger partial charge in [0.25, 0.3) is 0 Å². The van der Waals surface area contributed by atoms with Crippen LogP contribution in [-0.2, 0) is 4.74 Å². The van der Waals surface area contributed by atoms with E-state index >= 15 is 0 Å². The van der Waals surface area contributed by atoms with Crippen LogP contribution in [0, 0.1) is 5.41 Å². The number of guanidine groups is 1. The number of methoxy groups -OCH3 is 1. The molecule has 1 aliphatic carbocycles. The van der Waals surface area contributed by atoms with Crippen LogP contribution < -0.4 is 10.6 Å². The van der Waals surface area contributed by atoms with E-state index in [0.29, 0.717) is 5.41 Å². The fraction of sp³-hybridized carbons (Fsp3) is 0.947. The quantitative estimate of drug-likeness (QED) is 0.501. The van der Waals surface area contributed by atoms with E-state index in [-0.39, 0.29) is 0 Å². The number of aliphatic imine (C=N–C) groups is 1. The zero-order chi connectivity index (χ0) is 17.3. The van der Waals surface area contributed by atoms with Crippen molar-refractivity contribution in [1.82, 2.24) is 15.5 Å². The van der Waals surface area contributed by atoms with E-state index < -0.39 is 0 Å². The molecule has 1 heterocycles. The molecule has 140 valence electrons. The first-order chi connectivity index (χ1) is 11.7. The van der Waals surface area contributed by atoms with Gasteiger partial charge in [-0.2, -0.15) is 0 Å². The standard InChI is InChI=1S/C19H38N4O/c1-4-20-18(21-12-14-23-13-6-5-8-17(23)2)22-16-19(9-7-10-19)11-15-24-3/h17H,4-16H2,1-3H3,(H2,20,21,22). The van der Waals surface area contributed by atoms with Crippen molar-refractivity contribution in [2.45, 2.75) is 64.8 Å². The number of ether oxygens (including phenoxy) is 1. The molecule has 0 amide bonds. The summed E-state index contributed by atoms with van der Waals surface area (Å²) in [4.78, 5) is 7.49. The van der Waals surface area contributed by atoms with Crippen LogP contribution >= 0.6 is 0 Å². The van der Waals surface area contributed by atoms with Gasteiger partial charge in [0.2, 0.25) is 0 Å². The second-order valence-corrected chi connectivity index (χ2v) is 7.60. The molecule has 1 aliphatic heterocycles. The second-order valence-electron chi connectivity index (χ2n) is 7.60. The first kappa shape index (κ1) is 19.5. The Morgan fingerprint density at radius 1 is 1.25 bits per heavy atom. The zero-order valence-corrected chi connectivity index (χ0v) is 16.1. The van der Waals surface area contributed by atoms with Crippen LogP contribution in [-0.4, -0.2) is 63.3 Å². The highest BCUT2D eigenvalue weighted by Gasteiger charge is 2.36. The van der Waals surface area contributed by atoms with Gasteiger partial charge in [-0.3, -0.25) is 9.89 Å². The third kappa shape index (κ3) is 5.92. The van der Waals surface area contributed by atoms with Crippen molar-refractivity contribution in [2.75, 3.05) is 46.4 Å². The topological polar surface area (TPSA) is 48.9 Å². The maximum Gasteiger partial charge on any atom is 0.191 e. The van der Waals surface area contributed by atoms with Gasteiger partial charge < -0.3 is 15.4 Å². The molecule has 0 spiro atoms. The Balaban J connectivity index is 1.77. The van der Waals surface area contributed by atoms with Gasteiger partial charge in [0.1, 0.15) is 0 Å². The summed E-state index contributed by atoms with van der Waals surface area (Å²) in [5, 5.41) is 6.93. The highest BCUT2D eigenvalue weighted by atomic mass is 16.5. The molecule has 0 aromatic carbocycles. The Bertz CT molecular complexity index is 382. The minimum absolute atomic E-state index is 0.389. The largest absolute Gasteiger partial charge is 0.385 e. The van der Waals surface area contributed by atoms with E-state index in [1.165, 1.54) is 45.1 Å². The number of nitrogens with zero attached hydrogens (tertiary/aromatic N) is 2. The summed E-state index contributed by atoms with van der Waals surface area (Å²) in [5.74, 6) is 0.978. The van der Waals surface area contributed by atoms with E-state index in [2.05, 4.69) is 29.4 Å². The molecule has 0 aromatic rings. The number of rotatable bonds is 9. The molecule has 2 N–H and O–H groups in total. The molecule has 2 rings (SSSR count). The normalized spacial score (nSPS) is 24.5. The van der Waals surface area contributed by atoms with Crippen LogP contribution in [0.5, 0.6) is 0 Å². The molecule has 5 heteroatoms. The van der Waals surface area contributed by atoms with Crippen molar-refractivity contribution in [3.8, 4) is 0 Å². The summed E-state index contributed by atoms with van der Waals surface area (Å²) in [7, 11) is 1.79. The molecular formula is C19H38N4O. The van der Waals surface area contributed by atoms with Gasteiger partial charge in [-0.1, -0.05) is 12.8 Å². The van der Waals surface area contributed by atoms with Crippen LogP contribution in [0.25, 0.3) is 0 Å². The molecule has 5 nitrogen and oxygen atoms in total. The number of hydrogen-bond acceptors (Lipinski definition) is 3. The first-order valence-corrected chi connectivity index (χ1v) is 9.94. The molecular weight excluding hydrogens is 300 g/mol. The van der Waals surface area contributed by atoms with E-state index in [1.807, 2.05) is 0 Å². The number of hydrogen-bond donors (Lipinski definition) is 2. The number of nitrogens with one attached hydrogen (secondary N) is 2. The van der Waals surface area contributed by atoms with Crippen LogP contribution in [0.1, 0.15) is 58.8 Å². The molecule has 1 saturated carbocycles. The lowest BCUT2D eigenvalue weighted by Gasteiger charge is -2.40. The Kier molecular flexibility index (Phi) is 8.33. The van der Waals surface area contributed by atoms with Crippen LogP contribution in [0.4, 0.5) is 0 Å². The smallest absolute Gasteiger partial charge is 0.191 e. The second kappa shape index (κ2) is 10.2. The highest BCUT2D eigenvalue weighted by Crippen LogP contribution is 2.44. The average Bonchev–Trinajstić information content (AvgIpc) is 2.55. The number of piperidine rings is 1. The maximum absolute atomic E-state index is 5.28. The molecule has 1 atom stereocenters. The summed E-state index contributed by atoms with van der Waals surface area (Å²) >= 11 is 0. The highest BCUT2D eigenvalue weighted by molar-refractivity contribution is 5.79. The van der Waals surface area contributed by atoms with E-state index in [4.69, 9.17) is 9.73 Å². The van der Waals surface area contributed by atoms with Gasteiger partial charge in [-0.05, 0) is 57.9 Å². The lowest BCUT2D eigenvalue weighted by molar-refractivity contribution is 0.0778. The van der Waals surface area contributed by atoms with Crippen molar-refractivity contribution in [2.24, 2.45) is 10.4 Å². The third-order valence-electron chi connectivity index (χ3n) is 5.80. The fourth-order valence-corrected chi connectivity index (χ4v) is 3.88. The molecule has 2 fully saturated rings. The van der Waals surface area contributed by atoms with Gasteiger partial charge in [-0.25, -0.2) is 0 Å². The molecule has 0 radical (unpaired) electrons. The first-order valence-electron chi connectivity index (χ1n) is 9.94. The van der Waals surface area contributed by atoms with Gasteiger partial charge in [0.15, 0.2) is 5.96 Å². The Hall–Kier alpha value is -0.810. The summed E-state index contributed by atoms with van der Waals surface area (Å²) in [6.07, 6.45) is 9.15. The van der Waals surface area contributed by atoms with Crippen molar-refractivity contribution >= 4 is 5.96 Å². The summed E-state index contributed by atoms with van der Waals surface area (Å²) in [5.41, 5.74) is 0.389. The third-order valence-corrected chi connectivity index (χ3v) is 5.80. The monoisotopic (exact) mass is 338 g/mol.